The Kier molecular flexibility index (Phi) is 3.44. The van der Waals surface area contributed by atoms with Crippen LogP contribution in [0.2, 0.25) is 0 Å². The molecule has 1 saturated heterocycles. The van der Waals surface area contributed by atoms with E-state index in [-0.39, 0.29) is 0 Å². The average Bonchev–Trinajstić information content (AvgIpc) is 2.61. The van der Waals surface area contributed by atoms with E-state index in [1.54, 1.807) is 11.3 Å². The molecule has 2 rings (SSSR count). The fourth-order valence-electron chi connectivity index (χ4n) is 2.12. The predicted octanol–water partition coefficient (Wildman–Crippen LogP) is 2.46. The fourth-order valence-corrected chi connectivity index (χ4v) is 3.44. The van der Waals surface area contributed by atoms with Gasteiger partial charge in [0.2, 0.25) is 0 Å². The number of nitrogens with two attached hydrogens (primary N) is 1. The molecule has 16 heavy (non-hydrogen) atoms. The molecule has 0 aliphatic carbocycles. The first kappa shape index (κ1) is 11.8. The molecule has 2 N–H and O–H groups in total. The highest BCUT2D eigenvalue weighted by molar-refractivity contribution is 7.81. The van der Waals surface area contributed by atoms with Gasteiger partial charge in [0.25, 0.3) is 0 Å². The van der Waals surface area contributed by atoms with Crippen molar-refractivity contribution >= 4 is 33.7 Å². The molecular weight excluding hydrogens is 238 g/mol. The third-order valence-corrected chi connectivity index (χ3v) is 4.62. The zero-order valence-electron chi connectivity index (χ0n) is 9.69. The largest absolute Gasteiger partial charge is 0.389 e. The molecule has 0 bridgehead atoms. The van der Waals surface area contributed by atoms with E-state index >= 15 is 0 Å². The van der Waals surface area contributed by atoms with Gasteiger partial charge in [-0.2, -0.15) is 0 Å². The minimum atomic E-state index is 0.464. The third kappa shape index (κ3) is 2.20. The van der Waals surface area contributed by atoms with E-state index in [1.807, 2.05) is 6.92 Å². The molecule has 1 aliphatic rings. The van der Waals surface area contributed by atoms with E-state index in [1.165, 1.54) is 19.3 Å². The van der Waals surface area contributed by atoms with Crippen molar-refractivity contribution in [3.8, 4) is 0 Å². The maximum absolute atomic E-state index is 5.68. The number of piperidine rings is 1. The van der Waals surface area contributed by atoms with Crippen molar-refractivity contribution in [1.82, 2.24) is 4.98 Å². The molecule has 5 heteroatoms. The zero-order chi connectivity index (χ0) is 11.7. The number of aromatic nitrogens is 1. The standard InChI is InChI=1S/C11H17N3S2/c1-7-5-3-4-6-14(7)11-13-8(2)9(16-11)10(12)15/h7H,3-6H2,1-2H3,(H2,12,15). The molecule has 1 aromatic heterocycles. The van der Waals surface area contributed by atoms with E-state index < -0.39 is 0 Å². The Bertz CT molecular complexity index is 400. The van der Waals surface area contributed by atoms with Gasteiger partial charge in [0.15, 0.2) is 5.13 Å². The van der Waals surface area contributed by atoms with Crippen molar-refractivity contribution in [2.24, 2.45) is 5.73 Å². The first-order valence-electron chi connectivity index (χ1n) is 5.63. The molecule has 0 aromatic carbocycles. The molecule has 1 unspecified atom stereocenters. The second-order valence-electron chi connectivity index (χ2n) is 4.31. The van der Waals surface area contributed by atoms with Gasteiger partial charge in [-0.05, 0) is 33.1 Å². The normalized spacial score (nSPS) is 21.1. The molecule has 88 valence electrons. The molecule has 1 atom stereocenters. The summed E-state index contributed by atoms with van der Waals surface area (Å²) >= 11 is 6.65. The highest BCUT2D eigenvalue weighted by Crippen LogP contribution is 2.30. The van der Waals surface area contributed by atoms with Gasteiger partial charge < -0.3 is 10.6 Å². The first-order chi connectivity index (χ1) is 7.59. The third-order valence-electron chi connectivity index (χ3n) is 3.06. The number of hydrogen-bond acceptors (Lipinski definition) is 4. The second kappa shape index (κ2) is 4.67. The first-order valence-corrected chi connectivity index (χ1v) is 6.86. The summed E-state index contributed by atoms with van der Waals surface area (Å²) in [6, 6.07) is 0.582. The second-order valence-corrected chi connectivity index (χ2v) is 5.73. The number of thiocarbonyl (C=S) groups is 1. The molecule has 0 spiro atoms. The Balaban J connectivity index is 2.26. The summed E-state index contributed by atoms with van der Waals surface area (Å²) in [5, 5.41) is 1.08. The summed E-state index contributed by atoms with van der Waals surface area (Å²) in [6.45, 7) is 5.34. The van der Waals surface area contributed by atoms with Gasteiger partial charge in [-0.1, -0.05) is 23.6 Å². The van der Waals surface area contributed by atoms with Crippen LogP contribution >= 0.6 is 23.6 Å². The van der Waals surface area contributed by atoms with Crippen molar-refractivity contribution in [3.63, 3.8) is 0 Å². The van der Waals surface area contributed by atoms with Crippen LogP contribution < -0.4 is 10.6 Å². The number of thiazole rings is 1. The molecule has 3 nitrogen and oxygen atoms in total. The molecular formula is C11H17N3S2. The Morgan fingerprint density at radius 1 is 1.56 bits per heavy atom. The van der Waals surface area contributed by atoms with Crippen molar-refractivity contribution in [2.45, 2.75) is 39.2 Å². The monoisotopic (exact) mass is 255 g/mol. The lowest BCUT2D eigenvalue weighted by atomic mass is 10.1. The van der Waals surface area contributed by atoms with E-state index in [0.29, 0.717) is 11.0 Å². The van der Waals surface area contributed by atoms with Crippen molar-refractivity contribution in [1.29, 1.82) is 0 Å². The summed E-state index contributed by atoms with van der Waals surface area (Å²) in [4.78, 5) is 8.39. The van der Waals surface area contributed by atoms with Gasteiger partial charge in [0.05, 0.1) is 10.6 Å². The maximum atomic E-state index is 5.68. The van der Waals surface area contributed by atoms with Crippen LogP contribution in [-0.2, 0) is 0 Å². The Morgan fingerprint density at radius 2 is 2.31 bits per heavy atom. The highest BCUT2D eigenvalue weighted by Gasteiger charge is 2.22. The van der Waals surface area contributed by atoms with E-state index in [2.05, 4.69) is 16.8 Å². The van der Waals surface area contributed by atoms with Crippen molar-refractivity contribution in [3.05, 3.63) is 10.6 Å². The summed E-state index contributed by atoms with van der Waals surface area (Å²) < 4.78 is 0. The van der Waals surface area contributed by atoms with Gasteiger partial charge in [0.1, 0.15) is 4.99 Å². The van der Waals surface area contributed by atoms with Crippen LogP contribution in [-0.4, -0.2) is 22.6 Å². The topological polar surface area (TPSA) is 42.2 Å². The maximum Gasteiger partial charge on any atom is 0.186 e. The van der Waals surface area contributed by atoms with Crippen LogP contribution in [0.1, 0.15) is 36.8 Å². The van der Waals surface area contributed by atoms with Gasteiger partial charge in [-0.25, -0.2) is 4.98 Å². The predicted molar refractivity (Wildman–Crippen MR) is 73.4 cm³/mol. The average molecular weight is 255 g/mol. The van der Waals surface area contributed by atoms with Gasteiger partial charge in [-0.15, -0.1) is 0 Å². The zero-order valence-corrected chi connectivity index (χ0v) is 11.3. The number of rotatable bonds is 2. The van der Waals surface area contributed by atoms with Crippen LogP contribution in [0.3, 0.4) is 0 Å². The lowest BCUT2D eigenvalue weighted by Gasteiger charge is -2.33. The van der Waals surface area contributed by atoms with Gasteiger partial charge >= 0.3 is 0 Å². The molecule has 0 saturated carbocycles. The molecule has 0 radical (unpaired) electrons. The van der Waals surface area contributed by atoms with E-state index in [4.69, 9.17) is 18.0 Å². The summed E-state index contributed by atoms with van der Waals surface area (Å²) in [6.07, 6.45) is 3.83. The molecule has 1 aromatic rings. The Labute approximate surface area is 106 Å². The van der Waals surface area contributed by atoms with Gasteiger partial charge in [0, 0.05) is 12.6 Å². The van der Waals surface area contributed by atoms with Crippen molar-refractivity contribution in [2.75, 3.05) is 11.4 Å². The van der Waals surface area contributed by atoms with Crippen LogP contribution in [0.25, 0.3) is 0 Å². The number of nitrogens with zero attached hydrogens (tertiary/aromatic N) is 2. The smallest absolute Gasteiger partial charge is 0.186 e. The quantitative estimate of drug-likeness (QED) is 0.824. The number of hydrogen-bond donors (Lipinski definition) is 1. The van der Waals surface area contributed by atoms with Crippen molar-refractivity contribution < 1.29 is 0 Å². The summed E-state index contributed by atoms with van der Waals surface area (Å²) in [5.74, 6) is 0. The Hall–Kier alpha value is -0.680. The summed E-state index contributed by atoms with van der Waals surface area (Å²) in [5.41, 5.74) is 6.64. The lowest BCUT2D eigenvalue weighted by Crippen LogP contribution is -2.37. The number of anilines is 1. The van der Waals surface area contributed by atoms with Crippen LogP contribution in [0.5, 0.6) is 0 Å². The van der Waals surface area contributed by atoms with E-state index in [9.17, 15) is 0 Å². The van der Waals surface area contributed by atoms with Crippen LogP contribution in [0.4, 0.5) is 5.13 Å². The minimum Gasteiger partial charge on any atom is -0.389 e. The highest BCUT2D eigenvalue weighted by atomic mass is 32.1. The van der Waals surface area contributed by atoms with Crippen LogP contribution in [0.15, 0.2) is 0 Å². The van der Waals surface area contributed by atoms with Crippen LogP contribution in [0, 0.1) is 6.92 Å². The van der Waals surface area contributed by atoms with E-state index in [0.717, 1.165) is 22.2 Å². The van der Waals surface area contributed by atoms with Gasteiger partial charge in [-0.3, -0.25) is 0 Å². The lowest BCUT2D eigenvalue weighted by molar-refractivity contribution is 0.484. The fraction of sp³-hybridized carbons (Fsp3) is 0.636. The summed E-state index contributed by atoms with van der Waals surface area (Å²) in [7, 11) is 0. The Morgan fingerprint density at radius 3 is 2.88 bits per heavy atom. The molecule has 1 fully saturated rings. The molecule has 1 aliphatic heterocycles. The molecule has 0 amide bonds. The minimum absolute atomic E-state index is 0.464. The molecule has 2 heterocycles. The SMILES string of the molecule is Cc1nc(N2CCCCC2C)sc1C(N)=S. The number of aryl methyl sites for hydroxylation is 1.